The van der Waals surface area contributed by atoms with Crippen LogP contribution in [0.4, 0.5) is 0 Å². The zero-order chi connectivity index (χ0) is 10.1. The zero-order valence-electron chi connectivity index (χ0n) is 8.08. The van der Waals surface area contributed by atoms with Gasteiger partial charge in [0.15, 0.2) is 0 Å². The minimum absolute atomic E-state index is 0.0691. The first-order valence-electron chi connectivity index (χ1n) is 4.61. The van der Waals surface area contributed by atoms with E-state index in [9.17, 15) is 14.9 Å². The lowest BCUT2D eigenvalue weighted by Gasteiger charge is -2.18. The summed E-state index contributed by atoms with van der Waals surface area (Å²) in [6.07, 6.45) is 2.73. The van der Waals surface area contributed by atoms with Crippen molar-refractivity contribution in [1.29, 1.82) is 0 Å². The minimum Gasteiger partial charge on any atom is -0.299 e. The molecule has 0 radical (unpaired) electrons. The van der Waals surface area contributed by atoms with Gasteiger partial charge in [-0.1, -0.05) is 0 Å². The fourth-order valence-corrected chi connectivity index (χ4v) is 1.78. The number of carbonyl (C=O) groups excluding carboxylic acids is 1. The topological polar surface area (TPSA) is 60.2 Å². The summed E-state index contributed by atoms with van der Waals surface area (Å²) in [5, 5.41) is 10.6. The first-order chi connectivity index (χ1) is 5.93. The standard InChI is InChI=1S/C9H15NO3/c1-9(2,10(12)13)6-7-4-3-5-8(7)11/h7H,3-6H2,1-2H3. The molecule has 1 rings (SSSR count). The van der Waals surface area contributed by atoms with Crippen LogP contribution in [0, 0.1) is 16.0 Å². The molecule has 1 atom stereocenters. The highest BCUT2D eigenvalue weighted by Crippen LogP contribution is 2.30. The smallest absolute Gasteiger partial charge is 0.217 e. The second kappa shape index (κ2) is 3.44. The molecule has 0 amide bonds. The van der Waals surface area contributed by atoms with Crippen LogP contribution in [0.5, 0.6) is 0 Å². The number of hydrogen-bond donors (Lipinski definition) is 0. The van der Waals surface area contributed by atoms with Crippen molar-refractivity contribution in [3.8, 4) is 0 Å². The zero-order valence-corrected chi connectivity index (χ0v) is 8.08. The van der Waals surface area contributed by atoms with Crippen molar-refractivity contribution >= 4 is 5.78 Å². The number of nitrogens with zero attached hydrogens (tertiary/aromatic N) is 1. The van der Waals surface area contributed by atoms with Crippen molar-refractivity contribution in [2.75, 3.05) is 0 Å². The van der Waals surface area contributed by atoms with Gasteiger partial charge in [-0.3, -0.25) is 14.9 Å². The fraction of sp³-hybridized carbons (Fsp3) is 0.889. The average molecular weight is 185 g/mol. The van der Waals surface area contributed by atoms with Gasteiger partial charge < -0.3 is 0 Å². The Morgan fingerprint density at radius 3 is 2.62 bits per heavy atom. The van der Waals surface area contributed by atoms with Gasteiger partial charge in [-0.2, -0.15) is 0 Å². The lowest BCUT2D eigenvalue weighted by Crippen LogP contribution is -2.34. The van der Waals surface area contributed by atoms with Gasteiger partial charge in [0.1, 0.15) is 5.78 Å². The molecule has 0 aliphatic heterocycles. The number of nitro groups is 1. The third kappa shape index (κ3) is 2.26. The Morgan fingerprint density at radius 1 is 1.62 bits per heavy atom. The van der Waals surface area contributed by atoms with Gasteiger partial charge in [0.25, 0.3) is 0 Å². The summed E-state index contributed by atoms with van der Waals surface area (Å²) >= 11 is 0. The third-order valence-corrected chi connectivity index (χ3v) is 2.67. The van der Waals surface area contributed by atoms with Crippen LogP contribution in [-0.4, -0.2) is 16.2 Å². The molecule has 1 aliphatic rings. The molecular weight excluding hydrogens is 170 g/mol. The highest BCUT2D eigenvalue weighted by molar-refractivity contribution is 5.82. The molecule has 74 valence electrons. The Balaban J connectivity index is 2.57. The van der Waals surface area contributed by atoms with Gasteiger partial charge in [0.05, 0.1) is 0 Å². The van der Waals surface area contributed by atoms with Crippen LogP contribution >= 0.6 is 0 Å². The summed E-state index contributed by atoms with van der Waals surface area (Å²) in [5.74, 6) is 0.135. The molecule has 0 aromatic carbocycles. The lowest BCUT2D eigenvalue weighted by atomic mass is 9.90. The van der Waals surface area contributed by atoms with Gasteiger partial charge in [0.2, 0.25) is 5.54 Å². The van der Waals surface area contributed by atoms with E-state index in [-0.39, 0.29) is 16.6 Å². The Morgan fingerprint density at radius 2 is 2.23 bits per heavy atom. The summed E-state index contributed by atoms with van der Waals surface area (Å²) in [7, 11) is 0. The van der Waals surface area contributed by atoms with Gasteiger partial charge in [-0.05, 0) is 12.8 Å². The minimum atomic E-state index is -0.954. The van der Waals surface area contributed by atoms with Crippen molar-refractivity contribution in [1.82, 2.24) is 0 Å². The summed E-state index contributed by atoms with van der Waals surface area (Å²) in [5.41, 5.74) is -0.954. The van der Waals surface area contributed by atoms with Crippen molar-refractivity contribution in [2.24, 2.45) is 5.92 Å². The molecule has 1 unspecified atom stereocenters. The second-order valence-electron chi connectivity index (χ2n) is 4.33. The van der Waals surface area contributed by atoms with E-state index in [4.69, 9.17) is 0 Å². The van der Waals surface area contributed by atoms with E-state index in [1.165, 1.54) is 0 Å². The van der Waals surface area contributed by atoms with Crippen LogP contribution < -0.4 is 0 Å². The van der Waals surface area contributed by atoms with Crippen LogP contribution in [0.3, 0.4) is 0 Å². The van der Waals surface area contributed by atoms with Crippen LogP contribution in [0.15, 0.2) is 0 Å². The molecule has 0 heterocycles. The molecule has 0 aromatic rings. The predicted octanol–water partition coefficient (Wildman–Crippen LogP) is 1.80. The molecule has 0 N–H and O–H groups in total. The quantitative estimate of drug-likeness (QED) is 0.497. The SMILES string of the molecule is CC(C)(CC1CCCC1=O)[N+](=O)[O-]. The molecular formula is C9H15NO3. The van der Waals surface area contributed by atoms with Crippen molar-refractivity contribution < 1.29 is 9.72 Å². The van der Waals surface area contributed by atoms with E-state index in [1.54, 1.807) is 13.8 Å². The molecule has 0 saturated heterocycles. The Kier molecular flexibility index (Phi) is 2.68. The molecule has 1 saturated carbocycles. The number of rotatable bonds is 3. The second-order valence-corrected chi connectivity index (χ2v) is 4.33. The van der Waals surface area contributed by atoms with Crippen LogP contribution in [0.1, 0.15) is 39.5 Å². The largest absolute Gasteiger partial charge is 0.299 e. The molecule has 4 nitrogen and oxygen atoms in total. The normalized spacial score (nSPS) is 23.5. The molecule has 0 bridgehead atoms. The Hall–Kier alpha value is -0.930. The predicted molar refractivity (Wildman–Crippen MR) is 48.0 cm³/mol. The third-order valence-electron chi connectivity index (χ3n) is 2.67. The molecule has 4 heteroatoms. The van der Waals surface area contributed by atoms with Gasteiger partial charge in [-0.25, -0.2) is 0 Å². The average Bonchev–Trinajstić information content (AvgIpc) is 2.35. The van der Waals surface area contributed by atoms with E-state index in [0.29, 0.717) is 12.8 Å². The van der Waals surface area contributed by atoms with Gasteiger partial charge >= 0.3 is 0 Å². The van der Waals surface area contributed by atoms with E-state index in [0.717, 1.165) is 12.8 Å². The van der Waals surface area contributed by atoms with E-state index < -0.39 is 5.54 Å². The monoisotopic (exact) mass is 185 g/mol. The Labute approximate surface area is 77.5 Å². The Bertz CT molecular complexity index is 235. The molecule has 1 aliphatic carbocycles. The number of Topliss-reactive ketones (excluding diaryl/α,β-unsaturated/α-hetero) is 1. The highest BCUT2D eigenvalue weighted by Gasteiger charge is 2.38. The van der Waals surface area contributed by atoms with E-state index in [1.807, 2.05) is 0 Å². The van der Waals surface area contributed by atoms with Gasteiger partial charge in [-0.15, -0.1) is 0 Å². The maximum absolute atomic E-state index is 11.3. The fourth-order valence-electron chi connectivity index (χ4n) is 1.78. The highest BCUT2D eigenvalue weighted by atomic mass is 16.6. The van der Waals surface area contributed by atoms with Crippen molar-refractivity contribution in [2.45, 2.75) is 45.1 Å². The van der Waals surface area contributed by atoms with Crippen molar-refractivity contribution in [3.63, 3.8) is 0 Å². The number of ketones is 1. The summed E-state index contributed by atoms with van der Waals surface area (Å²) < 4.78 is 0. The molecule has 0 spiro atoms. The maximum atomic E-state index is 11.3. The maximum Gasteiger partial charge on any atom is 0.217 e. The van der Waals surface area contributed by atoms with E-state index >= 15 is 0 Å². The molecule has 0 aromatic heterocycles. The number of carbonyl (C=O) groups is 1. The number of hydrogen-bond acceptors (Lipinski definition) is 3. The first-order valence-corrected chi connectivity index (χ1v) is 4.61. The molecule has 1 fully saturated rings. The molecule has 13 heavy (non-hydrogen) atoms. The first kappa shape index (κ1) is 10.2. The summed E-state index contributed by atoms with van der Waals surface area (Å²) in [6, 6.07) is 0. The van der Waals surface area contributed by atoms with E-state index in [2.05, 4.69) is 0 Å². The van der Waals surface area contributed by atoms with Gasteiger partial charge in [0, 0.05) is 37.5 Å². The lowest BCUT2D eigenvalue weighted by molar-refractivity contribution is -0.562. The summed E-state index contributed by atoms with van der Waals surface area (Å²) in [4.78, 5) is 21.6. The van der Waals surface area contributed by atoms with Crippen molar-refractivity contribution in [3.05, 3.63) is 10.1 Å². The van der Waals surface area contributed by atoms with Crippen LogP contribution in [0.25, 0.3) is 0 Å². The van der Waals surface area contributed by atoms with Crippen LogP contribution in [-0.2, 0) is 4.79 Å². The van der Waals surface area contributed by atoms with Crippen LogP contribution in [0.2, 0.25) is 0 Å². The summed E-state index contributed by atoms with van der Waals surface area (Å²) in [6.45, 7) is 3.16.